The first-order chi connectivity index (χ1) is 14.2. The van der Waals surface area contributed by atoms with Crippen LogP contribution in [-0.2, 0) is 5.41 Å². The Morgan fingerprint density at radius 1 is 1.13 bits per heavy atom. The number of aromatic nitrogens is 2. The first-order valence-corrected chi connectivity index (χ1v) is 9.55. The van der Waals surface area contributed by atoms with E-state index in [1.807, 2.05) is 64.0 Å². The monoisotopic (exact) mass is 403 g/mol. The van der Waals surface area contributed by atoms with E-state index in [9.17, 15) is 10.1 Å². The first kappa shape index (κ1) is 20.9. The van der Waals surface area contributed by atoms with Gasteiger partial charge >= 0.3 is 6.09 Å². The highest BCUT2D eigenvalue weighted by Gasteiger charge is 2.22. The predicted octanol–water partition coefficient (Wildman–Crippen LogP) is 4.72. The Balaban J connectivity index is 1.99. The van der Waals surface area contributed by atoms with E-state index in [2.05, 4.69) is 16.5 Å². The largest absolute Gasteiger partial charge is 0.418 e. The van der Waals surface area contributed by atoms with Gasteiger partial charge in [-0.1, -0.05) is 39.0 Å². The minimum Gasteiger partial charge on any atom is -0.410 e. The van der Waals surface area contributed by atoms with Crippen LogP contribution in [0.5, 0.6) is 5.75 Å². The average Bonchev–Trinajstić information content (AvgIpc) is 3.12. The average molecular weight is 403 g/mol. The maximum atomic E-state index is 12.5. The summed E-state index contributed by atoms with van der Waals surface area (Å²) in [6, 6.07) is 18.4. The molecule has 3 aromatic rings. The summed E-state index contributed by atoms with van der Waals surface area (Å²) >= 11 is 0. The summed E-state index contributed by atoms with van der Waals surface area (Å²) in [5.74, 6) is 0.904. The summed E-state index contributed by atoms with van der Waals surface area (Å²) in [5, 5.41) is 17.0. The minimum absolute atomic E-state index is 0.230. The fourth-order valence-corrected chi connectivity index (χ4v) is 2.89. The van der Waals surface area contributed by atoms with E-state index in [0.29, 0.717) is 22.8 Å². The molecule has 0 fully saturated rings. The van der Waals surface area contributed by atoms with E-state index in [-0.39, 0.29) is 5.41 Å². The van der Waals surface area contributed by atoms with Crippen molar-refractivity contribution in [1.29, 1.82) is 5.26 Å². The second-order valence-corrected chi connectivity index (χ2v) is 8.11. The van der Waals surface area contributed by atoms with Crippen molar-refractivity contribution in [2.45, 2.75) is 26.2 Å². The van der Waals surface area contributed by atoms with Crippen molar-refractivity contribution >= 4 is 17.6 Å². The molecule has 0 unspecified atom stereocenters. The Hall–Kier alpha value is -3.79. The molecule has 1 heterocycles. The van der Waals surface area contributed by atoms with Crippen LogP contribution in [0.25, 0.3) is 5.69 Å². The SMILES string of the molecule is CN(C)c1ccc(-n2nc(C(C)(C)C)cc2NC(=O)Oc2ccccc2)cc1C#N. The van der Waals surface area contributed by atoms with Gasteiger partial charge in [0, 0.05) is 25.6 Å². The molecule has 0 aliphatic rings. The van der Waals surface area contributed by atoms with Gasteiger partial charge in [-0.25, -0.2) is 9.48 Å². The molecule has 0 atom stereocenters. The van der Waals surface area contributed by atoms with Crippen LogP contribution in [0, 0.1) is 11.3 Å². The van der Waals surface area contributed by atoms with Crippen LogP contribution >= 0.6 is 0 Å². The lowest BCUT2D eigenvalue weighted by atomic mass is 9.92. The van der Waals surface area contributed by atoms with Crippen molar-refractivity contribution in [2.75, 3.05) is 24.3 Å². The van der Waals surface area contributed by atoms with Gasteiger partial charge < -0.3 is 9.64 Å². The smallest absolute Gasteiger partial charge is 0.410 e. The summed E-state index contributed by atoms with van der Waals surface area (Å²) in [6.45, 7) is 6.13. The number of nitriles is 1. The van der Waals surface area contributed by atoms with Crippen molar-refractivity contribution in [3.8, 4) is 17.5 Å². The van der Waals surface area contributed by atoms with Crippen LogP contribution in [0.4, 0.5) is 16.3 Å². The minimum atomic E-state index is -0.617. The molecule has 0 bridgehead atoms. The van der Waals surface area contributed by atoms with Crippen LogP contribution in [-0.4, -0.2) is 30.0 Å². The van der Waals surface area contributed by atoms with Gasteiger partial charge in [-0.15, -0.1) is 0 Å². The second kappa shape index (κ2) is 8.29. The summed E-state index contributed by atoms with van der Waals surface area (Å²) in [7, 11) is 3.77. The Morgan fingerprint density at radius 2 is 1.83 bits per heavy atom. The van der Waals surface area contributed by atoms with Crippen LogP contribution in [0.15, 0.2) is 54.6 Å². The quantitative estimate of drug-likeness (QED) is 0.682. The summed E-state index contributed by atoms with van der Waals surface area (Å²) < 4.78 is 6.97. The third kappa shape index (κ3) is 4.61. The van der Waals surface area contributed by atoms with Gasteiger partial charge in [0.15, 0.2) is 0 Å². The van der Waals surface area contributed by atoms with Crippen molar-refractivity contribution < 1.29 is 9.53 Å². The molecular weight excluding hydrogens is 378 g/mol. The number of nitrogens with one attached hydrogen (secondary N) is 1. The van der Waals surface area contributed by atoms with Crippen LogP contribution in [0.3, 0.4) is 0 Å². The van der Waals surface area contributed by atoms with Gasteiger partial charge in [0.1, 0.15) is 17.6 Å². The summed E-state index contributed by atoms with van der Waals surface area (Å²) in [5.41, 5.74) is 2.56. The number of benzene rings is 2. The number of anilines is 2. The van der Waals surface area contributed by atoms with Gasteiger partial charge in [-0.3, -0.25) is 5.32 Å². The first-order valence-electron chi connectivity index (χ1n) is 9.55. The molecule has 1 aromatic heterocycles. The van der Waals surface area contributed by atoms with Gasteiger partial charge in [0.25, 0.3) is 0 Å². The normalized spacial score (nSPS) is 10.9. The predicted molar refractivity (Wildman–Crippen MR) is 117 cm³/mol. The fourth-order valence-electron chi connectivity index (χ4n) is 2.89. The van der Waals surface area contributed by atoms with E-state index in [1.165, 1.54) is 0 Å². The molecule has 3 rings (SSSR count). The Morgan fingerprint density at radius 3 is 2.43 bits per heavy atom. The highest BCUT2D eigenvalue weighted by molar-refractivity contribution is 5.85. The van der Waals surface area contributed by atoms with Crippen LogP contribution < -0.4 is 15.0 Å². The van der Waals surface area contributed by atoms with Gasteiger partial charge in [-0.05, 0) is 30.3 Å². The highest BCUT2D eigenvalue weighted by Crippen LogP contribution is 2.28. The molecule has 0 aliphatic carbocycles. The van der Waals surface area contributed by atoms with Crippen molar-refractivity contribution in [1.82, 2.24) is 9.78 Å². The third-order valence-electron chi connectivity index (χ3n) is 4.49. The van der Waals surface area contributed by atoms with E-state index >= 15 is 0 Å². The van der Waals surface area contributed by atoms with Gasteiger partial charge in [0.2, 0.25) is 0 Å². The zero-order valence-electron chi connectivity index (χ0n) is 17.8. The molecule has 7 nitrogen and oxygen atoms in total. The van der Waals surface area contributed by atoms with E-state index in [4.69, 9.17) is 4.74 Å². The lowest BCUT2D eigenvalue weighted by Gasteiger charge is -2.16. The topological polar surface area (TPSA) is 83.2 Å². The van der Waals surface area contributed by atoms with Crippen LogP contribution in [0.1, 0.15) is 32.0 Å². The molecule has 0 saturated heterocycles. The van der Waals surface area contributed by atoms with E-state index < -0.39 is 6.09 Å². The highest BCUT2D eigenvalue weighted by atomic mass is 16.6. The number of carbonyl (C=O) groups excluding carboxylic acids is 1. The summed E-state index contributed by atoms with van der Waals surface area (Å²) in [6.07, 6.45) is -0.617. The lowest BCUT2D eigenvalue weighted by molar-refractivity contribution is 0.215. The molecule has 1 amide bonds. The molecule has 30 heavy (non-hydrogen) atoms. The van der Waals surface area contributed by atoms with Crippen molar-refractivity contribution in [3.63, 3.8) is 0 Å². The zero-order valence-corrected chi connectivity index (χ0v) is 17.8. The molecule has 7 heteroatoms. The number of carbonyl (C=O) groups is 1. The molecular formula is C23H25N5O2. The molecule has 0 radical (unpaired) electrons. The van der Waals surface area contributed by atoms with Crippen molar-refractivity contribution in [2.24, 2.45) is 0 Å². The molecule has 1 N–H and O–H groups in total. The molecule has 154 valence electrons. The number of para-hydroxylation sites is 1. The van der Waals surface area contributed by atoms with Gasteiger partial charge in [0.05, 0.1) is 22.6 Å². The zero-order chi connectivity index (χ0) is 21.9. The Bertz CT molecular complexity index is 1090. The summed E-state index contributed by atoms with van der Waals surface area (Å²) in [4.78, 5) is 14.3. The number of hydrogen-bond acceptors (Lipinski definition) is 5. The van der Waals surface area contributed by atoms with Gasteiger partial charge in [-0.2, -0.15) is 10.4 Å². The Kier molecular flexibility index (Phi) is 5.79. The number of hydrogen-bond donors (Lipinski definition) is 1. The van der Waals surface area contributed by atoms with E-state index in [1.54, 1.807) is 35.0 Å². The molecule has 0 spiro atoms. The standard InChI is InChI=1S/C23H25N5O2/c1-23(2,3)20-14-21(25-22(29)30-18-9-7-6-8-10-18)28(26-20)17-11-12-19(27(4)5)16(13-17)15-24/h6-14H,1-5H3,(H,25,29). The molecule has 0 saturated carbocycles. The number of rotatable bonds is 4. The lowest BCUT2D eigenvalue weighted by Crippen LogP contribution is -2.19. The molecule has 2 aromatic carbocycles. The number of nitrogens with zero attached hydrogens (tertiary/aromatic N) is 4. The fraction of sp³-hybridized carbons (Fsp3) is 0.261. The van der Waals surface area contributed by atoms with Crippen molar-refractivity contribution in [3.05, 3.63) is 65.9 Å². The second-order valence-electron chi connectivity index (χ2n) is 8.11. The maximum absolute atomic E-state index is 12.5. The maximum Gasteiger partial charge on any atom is 0.418 e. The Labute approximate surface area is 176 Å². The molecule has 0 aliphatic heterocycles. The number of ether oxygens (including phenoxy) is 1. The third-order valence-corrected chi connectivity index (χ3v) is 4.49. The van der Waals surface area contributed by atoms with Crippen LogP contribution in [0.2, 0.25) is 0 Å². The van der Waals surface area contributed by atoms with E-state index in [0.717, 1.165) is 11.4 Å². The number of amides is 1.